The Morgan fingerprint density at radius 2 is 1.95 bits per heavy atom. The van der Waals surface area contributed by atoms with Crippen molar-refractivity contribution >= 4 is 28.6 Å². The third-order valence-corrected chi connectivity index (χ3v) is 4.31. The van der Waals surface area contributed by atoms with E-state index in [1.54, 1.807) is 0 Å². The first-order chi connectivity index (χ1) is 9.58. The van der Waals surface area contributed by atoms with Gasteiger partial charge in [-0.25, -0.2) is 0 Å². The summed E-state index contributed by atoms with van der Waals surface area (Å²) in [6.07, 6.45) is 1.09. The second kappa shape index (κ2) is 6.57. The van der Waals surface area contributed by atoms with Gasteiger partial charge in [0, 0.05) is 34.6 Å². The maximum atomic E-state index is 11.1. The molecule has 4 heteroatoms. The number of anilines is 2. The second-order valence-corrected chi connectivity index (χ2v) is 6.04. The van der Waals surface area contributed by atoms with Crippen LogP contribution in [0.1, 0.15) is 29.2 Å². The van der Waals surface area contributed by atoms with Gasteiger partial charge in [-0.15, -0.1) is 11.3 Å². The van der Waals surface area contributed by atoms with Crippen LogP contribution in [0.25, 0.3) is 0 Å². The molecule has 2 aromatic rings. The van der Waals surface area contributed by atoms with Gasteiger partial charge in [-0.05, 0) is 43.2 Å². The molecule has 1 heterocycles. The van der Waals surface area contributed by atoms with Crippen molar-refractivity contribution in [1.82, 2.24) is 0 Å². The van der Waals surface area contributed by atoms with E-state index in [4.69, 9.17) is 0 Å². The summed E-state index contributed by atoms with van der Waals surface area (Å²) in [5, 5.41) is 6.25. The van der Waals surface area contributed by atoms with E-state index in [1.807, 2.05) is 29.5 Å². The first-order valence-corrected chi connectivity index (χ1v) is 7.60. The van der Waals surface area contributed by atoms with E-state index in [2.05, 4.69) is 36.6 Å². The Hall–Kier alpha value is -1.81. The fraction of sp³-hybridized carbons (Fsp3) is 0.312. The van der Waals surface area contributed by atoms with Crippen LogP contribution in [0.3, 0.4) is 0 Å². The van der Waals surface area contributed by atoms with Crippen molar-refractivity contribution in [3.63, 3.8) is 0 Å². The standard InChI is InChI=1S/C16H20N2OS/c1-4-14-7-8-15(20-14)10-17-16-9-13(18-12(3)19)6-5-11(16)2/h5-9,17H,4,10H2,1-3H3,(H,18,19). The number of carbonyl (C=O) groups is 1. The Labute approximate surface area is 124 Å². The number of nitrogens with one attached hydrogen (secondary N) is 2. The number of amides is 1. The molecule has 0 aliphatic heterocycles. The lowest BCUT2D eigenvalue weighted by atomic mass is 10.1. The fourth-order valence-electron chi connectivity index (χ4n) is 1.98. The number of hydrogen-bond acceptors (Lipinski definition) is 3. The molecule has 0 spiro atoms. The molecule has 0 unspecified atom stereocenters. The van der Waals surface area contributed by atoms with Crippen LogP contribution < -0.4 is 10.6 Å². The molecule has 20 heavy (non-hydrogen) atoms. The van der Waals surface area contributed by atoms with Gasteiger partial charge < -0.3 is 10.6 Å². The molecule has 0 saturated carbocycles. The van der Waals surface area contributed by atoms with Gasteiger partial charge in [-0.2, -0.15) is 0 Å². The molecule has 1 amide bonds. The van der Waals surface area contributed by atoms with Gasteiger partial charge in [0.1, 0.15) is 0 Å². The van der Waals surface area contributed by atoms with Crippen molar-refractivity contribution < 1.29 is 4.79 Å². The monoisotopic (exact) mass is 288 g/mol. The largest absolute Gasteiger partial charge is 0.380 e. The Morgan fingerprint density at radius 1 is 1.20 bits per heavy atom. The quantitative estimate of drug-likeness (QED) is 0.866. The zero-order valence-corrected chi connectivity index (χ0v) is 12.9. The van der Waals surface area contributed by atoms with Gasteiger partial charge in [0.15, 0.2) is 0 Å². The van der Waals surface area contributed by atoms with Crippen LogP contribution in [0, 0.1) is 6.92 Å². The zero-order chi connectivity index (χ0) is 14.5. The summed E-state index contributed by atoms with van der Waals surface area (Å²) >= 11 is 1.84. The maximum absolute atomic E-state index is 11.1. The van der Waals surface area contributed by atoms with E-state index in [1.165, 1.54) is 22.2 Å². The fourth-order valence-corrected chi connectivity index (χ4v) is 2.88. The first kappa shape index (κ1) is 14.6. The van der Waals surface area contributed by atoms with E-state index in [0.29, 0.717) is 0 Å². The Bertz CT molecular complexity index is 604. The van der Waals surface area contributed by atoms with Crippen LogP contribution in [0.15, 0.2) is 30.3 Å². The van der Waals surface area contributed by atoms with Crippen molar-refractivity contribution in [2.75, 3.05) is 10.6 Å². The van der Waals surface area contributed by atoms with Crippen molar-refractivity contribution in [1.29, 1.82) is 0 Å². The molecule has 3 nitrogen and oxygen atoms in total. The third-order valence-electron chi connectivity index (χ3n) is 3.08. The van der Waals surface area contributed by atoms with Gasteiger partial charge >= 0.3 is 0 Å². The molecule has 0 aliphatic rings. The summed E-state index contributed by atoms with van der Waals surface area (Å²) in [6, 6.07) is 10.3. The Morgan fingerprint density at radius 3 is 2.60 bits per heavy atom. The molecule has 0 radical (unpaired) electrons. The van der Waals surface area contributed by atoms with E-state index in [9.17, 15) is 4.79 Å². The Balaban J connectivity index is 2.06. The molecule has 0 fully saturated rings. The van der Waals surface area contributed by atoms with Crippen LogP contribution in [-0.4, -0.2) is 5.91 Å². The summed E-state index contributed by atoms with van der Waals surface area (Å²) in [4.78, 5) is 13.8. The highest BCUT2D eigenvalue weighted by Gasteiger charge is 2.03. The average molecular weight is 288 g/mol. The lowest BCUT2D eigenvalue weighted by Crippen LogP contribution is -2.07. The summed E-state index contributed by atoms with van der Waals surface area (Å²) in [7, 11) is 0. The minimum absolute atomic E-state index is 0.0503. The Kier molecular flexibility index (Phi) is 4.79. The molecular formula is C16H20N2OS. The highest BCUT2D eigenvalue weighted by Crippen LogP contribution is 2.23. The smallest absolute Gasteiger partial charge is 0.221 e. The van der Waals surface area contributed by atoms with Crippen LogP contribution in [-0.2, 0) is 17.8 Å². The molecule has 0 bridgehead atoms. The van der Waals surface area contributed by atoms with Gasteiger partial charge in [0.25, 0.3) is 0 Å². The van der Waals surface area contributed by atoms with E-state index >= 15 is 0 Å². The topological polar surface area (TPSA) is 41.1 Å². The van der Waals surface area contributed by atoms with Crippen molar-refractivity contribution in [2.24, 2.45) is 0 Å². The molecule has 0 aliphatic carbocycles. The van der Waals surface area contributed by atoms with Gasteiger partial charge in [-0.1, -0.05) is 13.0 Å². The summed E-state index contributed by atoms with van der Waals surface area (Å²) in [6.45, 7) is 6.57. The second-order valence-electron chi connectivity index (χ2n) is 4.79. The lowest BCUT2D eigenvalue weighted by molar-refractivity contribution is -0.114. The summed E-state index contributed by atoms with van der Waals surface area (Å²) < 4.78 is 0. The van der Waals surface area contributed by atoms with Crippen molar-refractivity contribution in [3.05, 3.63) is 45.6 Å². The molecule has 1 aromatic carbocycles. The molecule has 0 saturated heterocycles. The number of rotatable bonds is 5. The van der Waals surface area contributed by atoms with Crippen LogP contribution in [0.2, 0.25) is 0 Å². The molecule has 106 valence electrons. The summed E-state index contributed by atoms with van der Waals surface area (Å²) in [5.41, 5.74) is 3.06. The van der Waals surface area contributed by atoms with Crippen molar-refractivity contribution in [2.45, 2.75) is 33.7 Å². The first-order valence-electron chi connectivity index (χ1n) is 6.78. The number of benzene rings is 1. The normalized spacial score (nSPS) is 10.3. The summed E-state index contributed by atoms with van der Waals surface area (Å²) in [5.74, 6) is -0.0503. The van der Waals surface area contributed by atoms with Crippen LogP contribution in [0.5, 0.6) is 0 Å². The predicted molar refractivity (Wildman–Crippen MR) is 86.5 cm³/mol. The zero-order valence-electron chi connectivity index (χ0n) is 12.1. The lowest BCUT2D eigenvalue weighted by Gasteiger charge is -2.11. The third kappa shape index (κ3) is 3.84. The molecule has 2 rings (SSSR count). The van der Waals surface area contributed by atoms with Crippen molar-refractivity contribution in [3.8, 4) is 0 Å². The number of hydrogen-bond donors (Lipinski definition) is 2. The highest BCUT2D eigenvalue weighted by molar-refractivity contribution is 7.12. The molecule has 1 aromatic heterocycles. The van der Waals surface area contributed by atoms with Gasteiger partial charge in [0.2, 0.25) is 5.91 Å². The SMILES string of the molecule is CCc1ccc(CNc2cc(NC(C)=O)ccc2C)s1. The van der Waals surface area contributed by atoms with Crippen LogP contribution in [0.4, 0.5) is 11.4 Å². The molecule has 2 N–H and O–H groups in total. The predicted octanol–water partition coefficient (Wildman–Crippen LogP) is 4.19. The maximum Gasteiger partial charge on any atom is 0.221 e. The minimum Gasteiger partial charge on any atom is -0.380 e. The van der Waals surface area contributed by atoms with Gasteiger partial charge in [-0.3, -0.25) is 4.79 Å². The van der Waals surface area contributed by atoms with E-state index in [-0.39, 0.29) is 5.91 Å². The van der Waals surface area contributed by atoms with E-state index in [0.717, 1.165) is 24.3 Å². The minimum atomic E-state index is -0.0503. The van der Waals surface area contributed by atoms with Gasteiger partial charge in [0.05, 0.1) is 0 Å². The number of aryl methyl sites for hydroxylation is 2. The van der Waals surface area contributed by atoms with Crippen LogP contribution >= 0.6 is 11.3 Å². The number of carbonyl (C=O) groups excluding carboxylic acids is 1. The number of thiophene rings is 1. The molecular weight excluding hydrogens is 268 g/mol. The van der Waals surface area contributed by atoms with E-state index < -0.39 is 0 Å². The highest BCUT2D eigenvalue weighted by atomic mass is 32.1. The average Bonchev–Trinajstić information content (AvgIpc) is 2.87. The molecule has 0 atom stereocenters.